The third-order valence-electron chi connectivity index (χ3n) is 5.46. The molecule has 4 aromatic rings. The number of hydrogen-bond donors (Lipinski definition) is 0. The van der Waals surface area contributed by atoms with E-state index in [9.17, 15) is 19.7 Å². The fraction of sp³-hybridized carbons (Fsp3) is 0.192. The quantitative estimate of drug-likeness (QED) is 0.0393. The predicted molar refractivity (Wildman–Crippen MR) is 144 cm³/mol. The van der Waals surface area contributed by atoms with Crippen molar-refractivity contribution >= 4 is 55.6 Å². The second-order valence-corrected chi connectivity index (χ2v) is 11.0. The lowest BCUT2D eigenvalue weighted by molar-refractivity contribution is -0.757. The molecule has 0 aliphatic heterocycles. The van der Waals surface area contributed by atoms with E-state index in [1.807, 2.05) is 36.4 Å². The third-order valence-corrected chi connectivity index (χ3v) is 8.37. The first-order valence-electron chi connectivity index (χ1n) is 11.2. The Morgan fingerprint density at radius 1 is 0.946 bits per heavy atom. The van der Waals surface area contributed by atoms with Gasteiger partial charge in [-0.3, -0.25) is 9.59 Å². The number of ether oxygens (including phenoxy) is 2. The SMILES string of the molecule is CC(C(=O)Oc1ccc(-c2cc(=S)ss2)cc1)c1ccc2cc(OC(=O)CCCO[N+](=O)[O-])ccc2c1. The van der Waals surface area contributed by atoms with E-state index in [4.69, 9.17) is 21.7 Å². The summed E-state index contributed by atoms with van der Waals surface area (Å²) in [4.78, 5) is 40.1. The monoisotopic (exact) mass is 555 g/mol. The molecule has 1 aromatic heterocycles. The molecule has 1 unspecified atom stereocenters. The summed E-state index contributed by atoms with van der Waals surface area (Å²) in [5.74, 6) is -0.539. The number of hydrogen-bond acceptors (Lipinski definition) is 10. The summed E-state index contributed by atoms with van der Waals surface area (Å²) in [7, 11) is 3.16. The molecule has 0 bridgehead atoms. The first-order valence-corrected chi connectivity index (χ1v) is 13.8. The summed E-state index contributed by atoms with van der Waals surface area (Å²) in [6.45, 7) is 1.62. The average molecular weight is 556 g/mol. The van der Waals surface area contributed by atoms with Crippen molar-refractivity contribution in [2.75, 3.05) is 6.61 Å². The largest absolute Gasteiger partial charge is 0.427 e. The lowest BCUT2D eigenvalue weighted by atomic mass is 9.98. The summed E-state index contributed by atoms with van der Waals surface area (Å²) in [5, 5.41) is 10.9. The van der Waals surface area contributed by atoms with Gasteiger partial charge in [-0.05, 0) is 77.7 Å². The maximum atomic E-state index is 12.8. The van der Waals surface area contributed by atoms with Crippen LogP contribution in [0.1, 0.15) is 31.2 Å². The Labute approximate surface area is 224 Å². The highest BCUT2D eigenvalue weighted by Gasteiger charge is 2.18. The number of rotatable bonds is 10. The molecular weight excluding hydrogens is 534 g/mol. The van der Waals surface area contributed by atoms with E-state index in [0.29, 0.717) is 11.5 Å². The summed E-state index contributed by atoms with van der Waals surface area (Å²) in [5.41, 5.74) is 1.82. The number of esters is 2. The number of carbonyl (C=O) groups is 2. The van der Waals surface area contributed by atoms with E-state index in [1.54, 1.807) is 57.9 Å². The molecule has 0 spiro atoms. The molecule has 0 fully saturated rings. The second-order valence-electron chi connectivity index (χ2n) is 8.06. The summed E-state index contributed by atoms with van der Waals surface area (Å²) in [6, 6.07) is 20.1. The molecule has 190 valence electrons. The van der Waals surface area contributed by atoms with Crippen molar-refractivity contribution in [1.82, 2.24) is 0 Å². The number of benzene rings is 3. The minimum atomic E-state index is -0.898. The Morgan fingerprint density at radius 3 is 2.35 bits per heavy atom. The van der Waals surface area contributed by atoms with Gasteiger partial charge in [0.15, 0.2) is 0 Å². The summed E-state index contributed by atoms with van der Waals surface area (Å²) < 4.78 is 11.7. The zero-order valence-electron chi connectivity index (χ0n) is 19.6. The fourth-order valence-corrected chi connectivity index (χ4v) is 5.92. The van der Waals surface area contributed by atoms with Crippen molar-refractivity contribution in [3.05, 3.63) is 86.2 Å². The van der Waals surface area contributed by atoms with E-state index in [2.05, 4.69) is 4.84 Å². The van der Waals surface area contributed by atoms with Gasteiger partial charge in [0, 0.05) is 11.3 Å². The van der Waals surface area contributed by atoms with Crippen LogP contribution in [0.4, 0.5) is 0 Å². The van der Waals surface area contributed by atoms with Crippen molar-refractivity contribution in [2.45, 2.75) is 25.7 Å². The molecule has 0 saturated heterocycles. The van der Waals surface area contributed by atoms with Gasteiger partial charge in [0.2, 0.25) is 0 Å². The van der Waals surface area contributed by atoms with E-state index in [0.717, 1.165) is 30.6 Å². The first kappa shape index (κ1) is 26.4. The lowest BCUT2D eigenvalue weighted by Gasteiger charge is -2.13. The van der Waals surface area contributed by atoms with Gasteiger partial charge in [-0.25, -0.2) is 0 Å². The van der Waals surface area contributed by atoms with Crippen LogP contribution in [-0.2, 0) is 14.4 Å². The predicted octanol–water partition coefficient (Wildman–Crippen LogP) is 6.96. The maximum Gasteiger partial charge on any atom is 0.318 e. The Hall–Kier alpha value is -3.67. The number of fused-ring (bicyclic) bond motifs is 1. The minimum absolute atomic E-state index is 0.00284. The van der Waals surface area contributed by atoms with Crippen LogP contribution < -0.4 is 9.47 Å². The number of nitrogens with zero attached hydrogens (tertiary/aromatic N) is 1. The Balaban J connectivity index is 1.36. The van der Waals surface area contributed by atoms with Gasteiger partial charge in [0.25, 0.3) is 5.09 Å². The zero-order chi connectivity index (χ0) is 26.4. The maximum absolute atomic E-state index is 12.8. The van der Waals surface area contributed by atoms with Gasteiger partial charge in [-0.2, -0.15) is 0 Å². The first-order chi connectivity index (χ1) is 17.8. The molecule has 0 saturated carbocycles. The zero-order valence-corrected chi connectivity index (χ0v) is 22.0. The van der Waals surface area contributed by atoms with E-state index < -0.39 is 17.0 Å². The van der Waals surface area contributed by atoms with E-state index >= 15 is 0 Å². The standard InChI is InChI=1S/C26H21NO7S3/c1-16(26(29)34-21-9-6-17(7-10-21)23-15-25(35)37-36-23)18-4-5-20-14-22(11-8-19(20)13-18)33-24(28)3-2-12-32-27(30)31/h4-11,13-16H,2-3,12H2,1H3. The van der Waals surface area contributed by atoms with Crippen LogP contribution in [0.15, 0.2) is 66.7 Å². The molecule has 4 rings (SSSR count). The molecule has 1 atom stereocenters. The highest BCUT2D eigenvalue weighted by molar-refractivity contribution is 7.80. The highest BCUT2D eigenvalue weighted by atomic mass is 32.9. The van der Waals surface area contributed by atoms with Gasteiger partial charge >= 0.3 is 11.9 Å². The molecule has 1 heterocycles. The molecule has 0 radical (unpaired) electrons. The fourth-order valence-electron chi connectivity index (χ4n) is 3.51. The van der Waals surface area contributed by atoms with Crippen molar-refractivity contribution in [3.8, 4) is 21.9 Å². The molecule has 0 aliphatic carbocycles. The molecular formula is C26H21NO7S3. The van der Waals surface area contributed by atoms with Crippen LogP contribution in [0.2, 0.25) is 0 Å². The Morgan fingerprint density at radius 2 is 1.65 bits per heavy atom. The molecule has 0 aliphatic rings. The van der Waals surface area contributed by atoms with Crippen molar-refractivity contribution in [2.24, 2.45) is 0 Å². The van der Waals surface area contributed by atoms with Crippen LogP contribution in [0.5, 0.6) is 11.5 Å². The molecule has 11 heteroatoms. The van der Waals surface area contributed by atoms with Crippen LogP contribution in [0, 0.1) is 13.9 Å². The van der Waals surface area contributed by atoms with Gasteiger partial charge < -0.3 is 14.3 Å². The van der Waals surface area contributed by atoms with Crippen molar-refractivity contribution in [1.29, 1.82) is 0 Å². The van der Waals surface area contributed by atoms with Crippen LogP contribution in [-0.4, -0.2) is 23.6 Å². The molecule has 8 nitrogen and oxygen atoms in total. The molecule has 0 amide bonds. The second kappa shape index (κ2) is 12.0. The smallest absolute Gasteiger partial charge is 0.318 e. The van der Waals surface area contributed by atoms with Gasteiger partial charge in [-0.15, -0.1) is 10.1 Å². The Kier molecular flexibility index (Phi) is 8.59. The normalized spacial score (nSPS) is 11.6. The molecule has 3 aromatic carbocycles. The van der Waals surface area contributed by atoms with Crippen molar-refractivity contribution < 1.29 is 29.0 Å². The van der Waals surface area contributed by atoms with Crippen LogP contribution in [0.25, 0.3) is 21.2 Å². The van der Waals surface area contributed by atoms with Crippen LogP contribution >= 0.6 is 32.9 Å². The van der Waals surface area contributed by atoms with Crippen molar-refractivity contribution in [3.63, 3.8) is 0 Å². The van der Waals surface area contributed by atoms with E-state index in [1.165, 1.54) is 0 Å². The summed E-state index contributed by atoms with van der Waals surface area (Å²) >= 11 is 5.19. The number of carbonyl (C=O) groups excluding carboxylic acids is 2. The van der Waals surface area contributed by atoms with E-state index in [-0.39, 0.29) is 25.4 Å². The highest BCUT2D eigenvalue weighted by Crippen LogP contribution is 2.31. The summed E-state index contributed by atoms with van der Waals surface area (Å²) in [6.07, 6.45) is 0.178. The minimum Gasteiger partial charge on any atom is -0.427 e. The molecule has 0 N–H and O–H groups in total. The Bertz CT molecular complexity index is 1490. The van der Waals surface area contributed by atoms with Gasteiger partial charge in [0.1, 0.15) is 15.3 Å². The average Bonchev–Trinajstić information content (AvgIpc) is 3.32. The van der Waals surface area contributed by atoms with Crippen LogP contribution in [0.3, 0.4) is 0 Å². The lowest BCUT2D eigenvalue weighted by Crippen LogP contribution is -2.16. The molecule has 37 heavy (non-hydrogen) atoms. The topological polar surface area (TPSA) is 105 Å². The van der Waals surface area contributed by atoms with Gasteiger partial charge in [-0.1, -0.05) is 57.2 Å². The third kappa shape index (κ3) is 7.19. The van der Waals surface area contributed by atoms with Gasteiger partial charge in [0.05, 0.1) is 12.5 Å².